The first-order valence-electron chi connectivity index (χ1n) is 8.45. The minimum atomic E-state index is -0.439. The first-order chi connectivity index (χ1) is 11.7. The molecule has 2 aromatic carbocycles. The number of hydrogen-bond donors (Lipinski definition) is 2. The third kappa shape index (κ3) is 4.34. The van der Waals surface area contributed by atoms with Crippen LogP contribution >= 0.6 is 0 Å². The van der Waals surface area contributed by atoms with Crippen LogP contribution < -0.4 is 5.32 Å². The van der Waals surface area contributed by atoms with Gasteiger partial charge in [0.05, 0.1) is 12.6 Å². The summed E-state index contributed by atoms with van der Waals surface area (Å²) < 4.78 is 5.93. The maximum atomic E-state index is 9.56. The van der Waals surface area contributed by atoms with Crippen molar-refractivity contribution in [3.63, 3.8) is 0 Å². The molecule has 0 amide bonds. The summed E-state index contributed by atoms with van der Waals surface area (Å²) in [4.78, 5) is 0. The second-order valence-electron chi connectivity index (χ2n) is 6.08. The van der Waals surface area contributed by atoms with Crippen LogP contribution in [0.4, 0.5) is 0 Å². The van der Waals surface area contributed by atoms with Crippen LogP contribution in [0.2, 0.25) is 0 Å². The maximum Gasteiger partial charge on any atom is 0.158 e. The Balaban J connectivity index is 1.52. The summed E-state index contributed by atoms with van der Waals surface area (Å²) in [5.41, 5.74) is 3.32. The SMILES string of the molecule is C[C@@H](O)c1ccc(-c2ccc(C[NH2+]CCc3ccccc3)o2)cc1. The van der Waals surface area contributed by atoms with Crippen LogP contribution in [0.3, 0.4) is 0 Å². The van der Waals surface area contributed by atoms with Crippen molar-refractivity contribution in [2.45, 2.75) is 26.0 Å². The molecule has 3 nitrogen and oxygen atoms in total. The van der Waals surface area contributed by atoms with E-state index in [1.54, 1.807) is 6.92 Å². The largest absolute Gasteiger partial charge is 0.455 e. The number of furan rings is 1. The van der Waals surface area contributed by atoms with Crippen molar-refractivity contribution in [1.82, 2.24) is 0 Å². The first-order valence-corrected chi connectivity index (χ1v) is 8.45. The van der Waals surface area contributed by atoms with Crippen LogP contribution in [-0.4, -0.2) is 11.7 Å². The van der Waals surface area contributed by atoms with Gasteiger partial charge in [0.2, 0.25) is 0 Å². The second kappa shape index (κ2) is 7.95. The van der Waals surface area contributed by atoms with Crippen LogP contribution in [0.1, 0.15) is 29.9 Å². The number of aliphatic hydroxyl groups excluding tert-OH is 1. The molecule has 0 fully saturated rings. The molecule has 3 aromatic rings. The average Bonchev–Trinajstić information content (AvgIpc) is 3.09. The lowest BCUT2D eigenvalue weighted by atomic mass is 10.1. The zero-order valence-corrected chi connectivity index (χ0v) is 14.0. The van der Waals surface area contributed by atoms with Gasteiger partial charge in [0.25, 0.3) is 0 Å². The zero-order chi connectivity index (χ0) is 16.8. The van der Waals surface area contributed by atoms with E-state index in [2.05, 4.69) is 29.6 Å². The Labute approximate surface area is 143 Å². The molecule has 3 N–H and O–H groups in total. The van der Waals surface area contributed by atoms with E-state index in [1.807, 2.05) is 42.5 Å². The number of nitrogens with two attached hydrogens (primary N) is 1. The normalized spacial score (nSPS) is 12.2. The Hall–Kier alpha value is -2.36. The van der Waals surface area contributed by atoms with Crippen molar-refractivity contribution in [2.24, 2.45) is 0 Å². The summed E-state index contributed by atoms with van der Waals surface area (Å²) in [6.07, 6.45) is 0.625. The number of rotatable bonds is 7. The smallest absolute Gasteiger partial charge is 0.158 e. The molecule has 0 unspecified atom stereocenters. The molecule has 0 radical (unpaired) electrons. The van der Waals surface area contributed by atoms with Crippen LogP contribution in [-0.2, 0) is 13.0 Å². The monoisotopic (exact) mass is 322 g/mol. The van der Waals surface area contributed by atoms with Crippen molar-refractivity contribution in [2.75, 3.05) is 6.54 Å². The molecule has 0 saturated heterocycles. The molecule has 3 rings (SSSR count). The number of aliphatic hydroxyl groups is 1. The lowest BCUT2D eigenvalue weighted by Gasteiger charge is -2.05. The van der Waals surface area contributed by atoms with Crippen LogP contribution in [0.15, 0.2) is 71.1 Å². The van der Waals surface area contributed by atoms with Gasteiger partial charge in [-0.3, -0.25) is 0 Å². The zero-order valence-electron chi connectivity index (χ0n) is 14.0. The number of quaternary nitrogens is 1. The molecule has 0 spiro atoms. The Kier molecular flexibility index (Phi) is 5.47. The van der Waals surface area contributed by atoms with Crippen molar-refractivity contribution >= 4 is 0 Å². The molecule has 0 aliphatic heterocycles. The van der Waals surface area contributed by atoms with E-state index in [-0.39, 0.29) is 0 Å². The minimum absolute atomic E-state index is 0.439. The Bertz CT molecular complexity index is 745. The van der Waals surface area contributed by atoms with Gasteiger partial charge < -0.3 is 14.8 Å². The predicted molar refractivity (Wildman–Crippen MR) is 95.4 cm³/mol. The summed E-state index contributed by atoms with van der Waals surface area (Å²) in [5.74, 6) is 1.86. The van der Waals surface area contributed by atoms with Gasteiger partial charge in [-0.05, 0) is 30.2 Å². The van der Waals surface area contributed by atoms with Crippen LogP contribution in [0.25, 0.3) is 11.3 Å². The molecule has 0 aliphatic rings. The van der Waals surface area contributed by atoms with Crippen LogP contribution in [0.5, 0.6) is 0 Å². The van der Waals surface area contributed by atoms with Gasteiger partial charge >= 0.3 is 0 Å². The van der Waals surface area contributed by atoms with E-state index < -0.39 is 6.10 Å². The molecule has 0 aliphatic carbocycles. The van der Waals surface area contributed by atoms with E-state index in [4.69, 9.17) is 4.42 Å². The predicted octanol–water partition coefficient (Wildman–Crippen LogP) is 3.31. The van der Waals surface area contributed by atoms with Crippen molar-refractivity contribution in [3.05, 3.63) is 83.6 Å². The van der Waals surface area contributed by atoms with Gasteiger partial charge in [0.15, 0.2) is 5.76 Å². The number of benzene rings is 2. The summed E-state index contributed by atoms with van der Waals surface area (Å²) in [5, 5.41) is 11.8. The van der Waals surface area contributed by atoms with Crippen molar-refractivity contribution in [1.29, 1.82) is 0 Å². The van der Waals surface area contributed by atoms with Crippen LogP contribution in [0, 0.1) is 0 Å². The summed E-state index contributed by atoms with van der Waals surface area (Å²) in [7, 11) is 0. The van der Waals surface area contributed by atoms with E-state index in [0.717, 1.165) is 42.2 Å². The molecule has 3 heteroatoms. The quantitative estimate of drug-likeness (QED) is 0.656. The third-order valence-corrected chi connectivity index (χ3v) is 4.16. The average molecular weight is 322 g/mol. The maximum absolute atomic E-state index is 9.56. The Morgan fingerprint density at radius 1 is 0.958 bits per heavy atom. The van der Waals surface area contributed by atoms with Gasteiger partial charge in [-0.1, -0.05) is 54.6 Å². The second-order valence-corrected chi connectivity index (χ2v) is 6.08. The third-order valence-electron chi connectivity index (χ3n) is 4.16. The highest BCUT2D eigenvalue weighted by Crippen LogP contribution is 2.23. The van der Waals surface area contributed by atoms with Crippen molar-refractivity contribution in [3.8, 4) is 11.3 Å². The summed E-state index contributed by atoms with van der Waals surface area (Å²) >= 11 is 0. The molecule has 0 saturated carbocycles. The number of hydrogen-bond acceptors (Lipinski definition) is 2. The highest BCUT2D eigenvalue weighted by molar-refractivity contribution is 5.58. The lowest BCUT2D eigenvalue weighted by molar-refractivity contribution is -0.671. The topological polar surface area (TPSA) is 50.0 Å². The molecule has 1 aromatic heterocycles. The van der Waals surface area contributed by atoms with Gasteiger partial charge in [-0.2, -0.15) is 0 Å². The Morgan fingerprint density at radius 2 is 1.71 bits per heavy atom. The highest BCUT2D eigenvalue weighted by atomic mass is 16.3. The first kappa shape index (κ1) is 16.5. The standard InChI is InChI=1S/C21H23NO2/c1-16(23)18-7-9-19(10-8-18)21-12-11-20(24-21)15-22-14-13-17-5-3-2-4-6-17/h2-12,16,22-23H,13-15H2,1H3/p+1/t16-/m1/s1. The molecule has 1 heterocycles. The fraction of sp³-hybridized carbons (Fsp3) is 0.238. The van der Waals surface area contributed by atoms with E-state index >= 15 is 0 Å². The molecule has 24 heavy (non-hydrogen) atoms. The molecule has 1 atom stereocenters. The van der Waals surface area contributed by atoms with E-state index in [9.17, 15) is 5.11 Å². The van der Waals surface area contributed by atoms with Gasteiger partial charge in [0.1, 0.15) is 12.3 Å². The van der Waals surface area contributed by atoms with Crippen molar-refractivity contribution < 1.29 is 14.8 Å². The molecule has 124 valence electrons. The van der Waals surface area contributed by atoms with Gasteiger partial charge in [-0.15, -0.1) is 0 Å². The fourth-order valence-electron chi connectivity index (χ4n) is 2.73. The highest BCUT2D eigenvalue weighted by Gasteiger charge is 2.07. The van der Waals surface area contributed by atoms with Gasteiger partial charge in [0, 0.05) is 12.0 Å². The van der Waals surface area contributed by atoms with E-state index in [1.165, 1.54) is 5.56 Å². The minimum Gasteiger partial charge on any atom is -0.455 e. The van der Waals surface area contributed by atoms with E-state index in [0.29, 0.717) is 0 Å². The molecular formula is C21H24NO2+. The lowest BCUT2D eigenvalue weighted by Crippen LogP contribution is -2.83. The summed E-state index contributed by atoms with van der Waals surface area (Å²) in [6, 6.07) is 22.4. The molecular weight excluding hydrogens is 298 g/mol. The van der Waals surface area contributed by atoms with Gasteiger partial charge in [-0.25, -0.2) is 0 Å². The molecule has 0 bridgehead atoms. The fourth-order valence-corrected chi connectivity index (χ4v) is 2.73. The summed E-state index contributed by atoms with van der Waals surface area (Å²) in [6.45, 7) is 3.66. The Morgan fingerprint density at radius 3 is 2.42 bits per heavy atom.